The van der Waals surface area contributed by atoms with Gasteiger partial charge in [-0.25, -0.2) is 0 Å². The van der Waals surface area contributed by atoms with Crippen LogP contribution in [-0.2, 0) is 16.1 Å². The number of hydrogen-bond acceptors (Lipinski definition) is 3. The molecule has 0 aliphatic rings. The van der Waals surface area contributed by atoms with E-state index in [0.29, 0.717) is 23.9 Å². The van der Waals surface area contributed by atoms with Crippen LogP contribution >= 0.6 is 11.6 Å². The number of ether oxygens (including phenoxy) is 1. The molecule has 144 valence electrons. The van der Waals surface area contributed by atoms with Crippen molar-refractivity contribution >= 4 is 23.4 Å². The summed E-state index contributed by atoms with van der Waals surface area (Å²) < 4.78 is 5.57. The Bertz CT molecular complexity index is 777. The minimum absolute atomic E-state index is 0.156. The number of nitrogens with one attached hydrogen (secondary N) is 1. The van der Waals surface area contributed by atoms with Crippen molar-refractivity contribution in [2.75, 3.05) is 13.2 Å². The van der Waals surface area contributed by atoms with Crippen molar-refractivity contribution in [1.29, 1.82) is 0 Å². The fourth-order valence-electron chi connectivity index (χ4n) is 2.67. The molecule has 0 saturated heterocycles. The average Bonchev–Trinajstić information content (AvgIpc) is 2.65. The van der Waals surface area contributed by atoms with E-state index in [0.717, 1.165) is 11.1 Å². The molecule has 0 aromatic heterocycles. The van der Waals surface area contributed by atoms with Gasteiger partial charge in [-0.2, -0.15) is 0 Å². The third kappa shape index (κ3) is 6.29. The van der Waals surface area contributed by atoms with Crippen LogP contribution in [0.25, 0.3) is 0 Å². The molecule has 0 heterocycles. The zero-order chi connectivity index (χ0) is 19.8. The molecule has 0 spiro atoms. The van der Waals surface area contributed by atoms with Crippen LogP contribution < -0.4 is 10.1 Å². The van der Waals surface area contributed by atoms with Crippen LogP contribution in [0.4, 0.5) is 0 Å². The van der Waals surface area contributed by atoms with Crippen LogP contribution in [0.5, 0.6) is 5.75 Å². The molecule has 5 nitrogen and oxygen atoms in total. The maximum absolute atomic E-state index is 12.8. The van der Waals surface area contributed by atoms with Gasteiger partial charge in [-0.1, -0.05) is 41.4 Å². The van der Waals surface area contributed by atoms with Gasteiger partial charge in [0.1, 0.15) is 11.8 Å². The summed E-state index contributed by atoms with van der Waals surface area (Å²) in [5.41, 5.74) is 2.06. The third-order valence-corrected chi connectivity index (χ3v) is 4.38. The number of halogens is 1. The van der Waals surface area contributed by atoms with E-state index in [1.807, 2.05) is 38.1 Å². The van der Waals surface area contributed by atoms with Gasteiger partial charge >= 0.3 is 0 Å². The first kappa shape index (κ1) is 20.8. The largest absolute Gasteiger partial charge is 0.484 e. The lowest BCUT2D eigenvalue weighted by Gasteiger charge is -2.28. The molecule has 27 heavy (non-hydrogen) atoms. The molecule has 0 aliphatic heterocycles. The molecule has 0 radical (unpaired) electrons. The predicted molar refractivity (Wildman–Crippen MR) is 107 cm³/mol. The summed E-state index contributed by atoms with van der Waals surface area (Å²) in [5, 5.41) is 3.37. The molecule has 1 unspecified atom stereocenters. The van der Waals surface area contributed by atoms with Gasteiger partial charge in [0.2, 0.25) is 5.91 Å². The number of benzene rings is 2. The Morgan fingerprint density at radius 2 is 1.89 bits per heavy atom. The van der Waals surface area contributed by atoms with E-state index in [1.165, 1.54) is 4.90 Å². The number of carbonyl (C=O) groups excluding carboxylic acids is 2. The number of likely N-dealkylation sites (N-methyl/N-ethyl adjacent to an activating group) is 1. The number of aryl methyl sites for hydroxylation is 1. The minimum Gasteiger partial charge on any atom is -0.484 e. The average molecular weight is 389 g/mol. The van der Waals surface area contributed by atoms with E-state index in [2.05, 4.69) is 5.32 Å². The van der Waals surface area contributed by atoms with Crippen LogP contribution in [0.2, 0.25) is 5.02 Å². The number of amides is 2. The van der Waals surface area contributed by atoms with Crippen LogP contribution in [0.15, 0.2) is 48.5 Å². The van der Waals surface area contributed by atoms with E-state index in [1.54, 1.807) is 31.2 Å². The topological polar surface area (TPSA) is 58.6 Å². The van der Waals surface area contributed by atoms with E-state index >= 15 is 0 Å². The third-order valence-electron chi connectivity index (χ3n) is 4.13. The predicted octanol–water partition coefficient (Wildman–Crippen LogP) is 3.58. The number of nitrogens with zero attached hydrogens (tertiary/aromatic N) is 1. The first-order valence-corrected chi connectivity index (χ1v) is 9.29. The van der Waals surface area contributed by atoms with E-state index in [-0.39, 0.29) is 18.4 Å². The van der Waals surface area contributed by atoms with Gasteiger partial charge < -0.3 is 15.0 Å². The summed E-state index contributed by atoms with van der Waals surface area (Å²) in [4.78, 5) is 26.7. The second-order valence-electron chi connectivity index (χ2n) is 6.32. The Kier molecular flexibility index (Phi) is 7.67. The molecule has 0 saturated carbocycles. The Balaban J connectivity index is 2.12. The Hall–Kier alpha value is -2.53. The van der Waals surface area contributed by atoms with Crippen molar-refractivity contribution in [1.82, 2.24) is 10.2 Å². The second-order valence-corrected chi connectivity index (χ2v) is 6.76. The summed E-state index contributed by atoms with van der Waals surface area (Å²) in [6.07, 6.45) is 0. The summed E-state index contributed by atoms with van der Waals surface area (Å²) in [6, 6.07) is 14.1. The maximum atomic E-state index is 12.8. The first-order valence-electron chi connectivity index (χ1n) is 8.91. The highest BCUT2D eigenvalue weighted by molar-refractivity contribution is 6.30. The zero-order valence-electron chi connectivity index (χ0n) is 15.9. The Morgan fingerprint density at radius 3 is 2.52 bits per heavy atom. The fourth-order valence-corrected chi connectivity index (χ4v) is 2.80. The van der Waals surface area contributed by atoms with Crippen LogP contribution in [0.1, 0.15) is 25.0 Å². The van der Waals surface area contributed by atoms with Crippen molar-refractivity contribution in [3.05, 3.63) is 64.7 Å². The van der Waals surface area contributed by atoms with Crippen molar-refractivity contribution in [3.8, 4) is 5.75 Å². The molecule has 0 fully saturated rings. The lowest BCUT2D eigenvalue weighted by Crippen LogP contribution is -2.49. The van der Waals surface area contributed by atoms with Gasteiger partial charge in [0.05, 0.1) is 0 Å². The molecule has 0 bridgehead atoms. The minimum atomic E-state index is -0.605. The molecule has 2 rings (SSSR count). The second kappa shape index (κ2) is 9.97. The zero-order valence-corrected chi connectivity index (χ0v) is 16.6. The van der Waals surface area contributed by atoms with Crippen LogP contribution in [0, 0.1) is 6.92 Å². The molecule has 0 aliphatic carbocycles. The van der Waals surface area contributed by atoms with Crippen LogP contribution in [-0.4, -0.2) is 35.9 Å². The SMILES string of the molecule is CCNC(=O)C(C)N(Cc1cccc(C)c1)C(=O)COc1ccc(Cl)cc1. The van der Waals surface area contributed by atoms with Gasteiger partial charge in [-0.3, -0.25) is 9.59 Å². The van der Waals surface area contributed by atoms with E-state index < -0.39 is 6.04 Å². The molecule has 2 aromatic carbocycles. The molecular weight excluding hydrogens is 364 g/mol. The number of carbonyl (C=O) groups is 2. The highest BCUT2D eigenvalue weighted by Gasteiger charge is 2.26. The first-order chi connectivity index (χ1) is 12.9. The summed E-state index contributed by atoms with van der Waals surface area (Å²) >= 11 is 5.86. The molecule has 2 amide bonds. The molecular formula is C21H25ClN2O3. The Labute approximate surface area is 165 Å². The van der Waals surface area contributed by atoms with Gasteiger partial charge in [0.15, 0.2) is 6.61 Å². The normalized spacial score (nSPS) is 11.6. The van der Waals surface area contributed by atoms with Gasteiger partial charge in [-0.15, -0.1) is 0 Å². The van der Waals surface area contributed by atoms with Crippen LogP contribution in [0.3, 0.4) is 0 Å². The fraction of sp³-hybridized carbons (Fsp3) is 0.333. The van der Waals surface area contributed by atoms with E-state index in [4.69, 9.17) is 16.3 Å². The monoisotopic (exact) mass is 388 g/mol. The molecule has 6 heteroatoms. The van der Waals surface area contributed by atoms with Crippen molar-refractivity contribution in [2.24, 2.45) is 0 Å². The Morgan fingerprint density at radius 1 is 1.19 bits per heavy atom. The standard InChI is InChI=1S/C21H25ClN2O3/c1-4-23-21(26)16(3)24(13-17-7-5-6-15(2)12-17)20(25)14-27-19-10-8-18(22)9-11-19/h5-12,16H,4,13-14H2,1-3H3,(H,23,26). The quantitative estimate of drug-likeness (QED) is 0.751. The summed E-state index contributed by atoms with van der Waals surface area (Å²) in [5.74, 6) is 0.101. The highest BCUT2D eigenvalue weighted by atomic mass is 35.5. The van der Waals surface area contributed by atoms with Gasteiger partial charge in [-0.05, 0) is 50.6 Å². The number of rotatable bonds is 8. The van der Waals surface area contributed by atoms with E-state index in [9.17, 15) is 9.59 Å². The number of hydrogen-bond donors (Lipinski definition) is 1. The lowest BCUT2D eigenvalue weighted by molar-refractivity contribution is -0.142. The van der Waals surface area contributed by atoms with Crippen molar-refractivity contribution in [3.63, 3.8) is 0 Å². The van der Waals surface area contributed by atoms with Gasteiger partial charge in [0, 0.05) is 18.1 Å². The molecule has 1 atom stereocenters. The summed E-state index contributed by atoms with van der Waals surface area (Å²) in [7, 11) is 0. The summed E-state index contributed by atoms with van der Waals surface area (Å²) in [6.45, 7) is 6.26. The van der Waals surface area contributed by atoms with Crippen molar-refractivity contribution in [2.45, 2.75) is 33.4 Å². The lowest BCUT2D eigenvalue weighted by atomic mass is 10.1. The maximum Gasteiger partial charge on any atom is 0.261 e. The molecule has 2 aromatic rings. The smallest absolute Gasteiger partial charge is 0.261 e. The highest BCUT2D eigenvalue weighted by Crippen LogP contribution is 2.16. The molecule has 1 N–H and O–H groups in total. The van der Waals surface area contributed by atoms with Gasteiger partial charge in [0.25, 0.3) is 5.91 Å². The van der Waals surface area contributed by atoms with Crippen molar-refractivity contribution < 1.29 is 14.3 Å².